The summed E-state index contributed by atoms with van der Waals surface area (Å²) in [5, 5.41) is 0. The van der Waals surface area contributed by atoms with E-state index >= 15 is 0 Å². The molecule has 1 unspecified atom stereocenters. The van der Waals surface area contributed by atoms with Gasteiger partial charge in [0.05, 0.1) is 11.7 Å². The van der Waals surface area contributed by atoms with Crippen molar-refractivity contribution in [3.63, 3.8) is 0 Å². The molecule has 1 fully saturated rings. The lowest BCUT2D eigenvalue weighted by molar-refractivity contribution is 0.0258. The first-order valence-corrected chi connectivity index (χ1v) is 5.97. The number of pyridine rings is 1. The van der Waals surface area contributed by atoms with Crippen LogP contribution in [0, 0.1) is 5.41 Å². The minimum absolute atomic E-state index is 0.248. The zero-order valence-corrected chi connectivity index (χ0v) is 10.2. The lowest BCUT2D eigenvalue weighted by Crippen LogP contribution is -2.47. The second-order valence-electron chi connectivity index (χ2n) is 5.04. The zero-order valence-electron chi connectivity index (χ0n) is 10.2. The molecule has 1 aliphatic rings. The summed E-state index contributed by atoms with van der Waals surface area (Å²) in [6, 6.07) is 6.49. The smallest absolute Gasteiger partial charge is 0.0584 e. The number of hydrogen-bond donors (Lipinski definition) is 1. The van der Waals surface area contributed by atoms with Gasteiger partial charge in [0.25, 0.3) is 0 Å². The molecule has 0 amide bonds. The third kappa shape index (κ3) is 1.85. The van der Waals surface area contributed by atoms with E-state index in [0.717, 1.165) is 12.2 Å². The topological polar surface area (TPSA) is 42.2 Å². The van der Waals surface area contributed by atoms with Gasteiger partial charge in [-0.15, -0.1) is 0 Å². The summed E-state index contributed by atoms with van der Waals surface area (Å²) < 4.78 is 0. The van der Waals surface area contributed by atoms with Crippen molar-refractivity contribution in [2.45, 2.75) is 25.3 Å². The van der Waals surface area contributed by atoms with Crippen LogP contribution in [0.1, 0.15) is 31.0 Å². The average Bonchev–Trinajstić information content (AvgIpc) is 2.24. The quantitative estimate of drug-likeness (QED) is 0.840. The van der Waals surface area contributed by atoms with Crippen molar-refractivity contribution in [1.82, 2.24) is 9.88 Å². The fourth-order valence-corrected chi connectivity index (χ4v) is 2.88. The van der Waals surface area contributed by atoms with E-state index in [1.54, 1.807) is 0 Å². The number of rotatable bonds is 4. The van der Waals surface area contributed by atoms with Crippen LogP contribution >= 0.6 is 0 Å². The number of nitrogens with zero attached hydrogens (tertiary/aromatic N) is 2. The second kappa shape index (κ2) is 4.52. The summed E-state index contributed by atoms with van der Waals surface area (Å²) in [5.41, 5.74) is 7.39. The van der Waals surface area contributed by atoms with Crippen molar-refractivity contribution in [2.24, 2.45) is 11.1 Å². The van der Waals surface area contributed by atoms with E-state index in [2.05, 4.69) is 36.1 Å². The SMILES string of the molecule is CN(C)C(c1ccccn1)C1(CN)CCC1. The summed E-state index contributed by atoms with van der Waals surface area (Å²) in [6.45, 7) is 0.756. The molecule has 3 heteroatoms. The zero-order chi connectivity index (χ0) is 11.6. The lowest BCUT2D eigenvalue weighted by Gasteiger charge is -2.49. The molecule has 0 aliphatic heterocycles. The molecule has 0 saturated heterocycles. The fraction of sp³-hybridized carbons (Fsp3) is 0.615. The minimum atomic E-state index is 0.248. The summed E-state index contributed by atoms with van der Waals surface area (Å²) in [7, 11) is 4.24. The fourth-order valence-electron chi connectivity index (χ4n) is 2.88. The maximum Gasteiger partial charge on any atom is 0.0584 e. The van der Waals surface area contributed by atoms with Crippen molar-refractivity contribution >= 4 is 0 Å². The van der Waals surface area contributed by atoms with E-state index in [1.165, 1.54) is 19.3 Å². The summed E-state index contributed by atoms with van der Waals surface area (Å²) >= 11 is 0. The van der Waals surface area contributed by atoms with Gasteiger partial charge in [-0.25, -0.2) is 0 Å². The van der Waals surface area contributed by atoms with Gasteiger partial charge in [0.15, 0.2) is 0 Å². The normalized spacial score (nSPS) is 20.5. The number of nitrogens with two attached hydrogens (primary N) is 1. The van der Waals surface area contributed by atoms with Gasteiger partial charge >= 0.3 is 0 Å². The van der Waals surface area contributed by atoms with Crippen molar-refractivity contribution < 1.29 is 0 Å². The van der Waals surface area contributed by atoms with Crippen LogP contribution < -0.4 is 5.73 Å². The lowest BCUT2D eigenvalue weighted by atomic mass is 9.63. The third-order valence-corrected chi connectivity index (χ3v) is 3.82. The van der Waals surface area contributed by atoms with Crippen molar-refractivity contribution in [3.05, 3.63) is 30.1 Å². The van der Waals surface area contributed by atoms with Gasteiger partial charge < -0.3 is 10.6 Å². The highest BCUT2D eigenvalue weighted by molar-refractivity contribution is 5.15. The maximum atomic E-state index is 5.99. The summed E-state index contributed by atoms with van der Waals surface area (Å²) in [4.78, 5) is 6.76. The van der Waals surface area contributed by atoms with Crippen LogP contribution in [0.15, 0.2) is 24.4 Å². The molecule has 1 aromatic rings. The predicted molar refractivity (Wildman–Crippen MR) is 66.0 cm³/mol. The van der Waals surface area contributed by atoms with Crippen LogP contribution in [0.2, 0.25) is 0 Å². The first-order chi connectivity index (χ1) is 7.69. The molecular weight excluding hydrogens is 198 g/mol. The van der Waals surface area contributed by atoms with Crippen LogP contribution in [0.5, 0.6) is 0 Å². The Hall–Kier alpha value is -0.930. The molecule has 0 aromatic carbocycles. The number of aromatic nitrogens is 1. The van der Waals surface area contributed by atoms with E-state index < -0.39 is 0 Å². The Morgan fingerprint density at radius 2 is 2.19 bits per heavy atom. The Kier molecular flexibility index (Phi) is 3.26. The van der Waals surface area contributed by atoms with E-state index in [9.17, 15) is 0 Å². The Bertz CT molecular complexity index is 325. The highest BCUT2D eigenvalue weighted by atomic mass is 15.1. The molecule has 0 radical (unpaired) electrons. The Labute approximate surface area is 97.7 Å². The van der Waals surface area contributed by atoms with Gasteiger partial charge in [-0.1, -0.05) is 12.5 Å². The standard InChI is InChI=1S/C13H21N3/c1-16(2)12(11-6-3-4-9-15-11)13(10-14)7-5-8-13/h3-4,6,9,12H,5,7-8,10,14H2,1-2H3. The molecule has 1 atom stereocenters. The molecule has 0 spiro atoms. The van der Waals surface area contributed by atoms with Crippen molar-refractivity contribution in [2.75, 3.05) is 20.6 Å². The van der Waals surface area contributed by atoms with E-state index in [-0.39, 0.29) is 5.41 Å². The molecule has 16 heavy (non-hydrogen) atoms. The van der Waals surface area contributed by atoms with E-state index in [0.29, 0.717) is 6.04 Å². The van der Waals surface area contributed by atoms with Crippen molar-refractivity contribution in [1.29, 1.82) is 0 Å². The molecule has 1 aliphatic carbocycles. The Morgan fingerprint density at radius 1 is 1.44 bits per heavy atom. The van der Waals surface area contributed by atoms with Crippen LogP contribution in [-0.4, -0.2) is 30.5 Å². The van der Waals surface area contributed by atoms with Gasteiger partial charge in [-0.05, 0) is 45.6 Å². The van der Waals surface area contributed by atoms with Crippen LogP contribution in [0.3, 0.4) is 0 Å². The van der Waals surface area contributed by atoms with Gasteiger partial charge in [0.2, 0.25) is 0 Å². The van der Waals surface area contributed by atoms with Gasteiger partial charge in [0.1, 0.15) is 0 Å². The van der Waals surface area contributed by atoms with Gasteiger partial charge in [0, 0.05) is 11.6 Å². The summed E-state index contributed by atoms with van der Waals surface area (Å²) in [5.74, 6) is 0. The molecular formula is C13H21N3. The Morgan fingerprint density at radius 3 is 2.56 bits per heavy atom. The van der Waals surface area contributed by atoms with Gasteiger partial charge in [-0.3, -0.25) is 4.98 Å². The first kappa shape index (κ1) is 11.6. The third-order valence-electron chi connectivity index (χ3n) is 3.82. The molecule has 1 saturated carbocycles. The van der Waals surface area contributed by atoms with Crippen LogP contribution in [0.4, 0.5) is 0 Å². The summed E-state index contributed by atoms with van der Waals surface area (Å²) in [6.07, 6.45) is 5.62. The highest BCUT2D eigenvalue weighted by Crippen LogP contribution is 2.50. The molecule has 2 rings (SSSR count). The van der Waals surface area contributed by atoms with E-state index in [4.69, 9.17) is 5.73 Å². The highest BCUT2D eigenvalue weighted by Gasteiger charge is 2.45. The van der Waals surface area contributed by atoms with Gasteiger partial charge in [-0.2, -0.15) is 0 Å². The number of hydrogen-bond acceptors (Lipinski definition) is 3. The molecule has 1 heterocycles. The monoisotopic (exact) mass is 219 g/mol. The second-order valence-corrected chi connectivity index (χ2v) is 5.04. The average molecular weight is 219 g/mol. The molecule has 3 nitrogen and oxygen atoms in total. The molecule has 1 aromatic heterocycles. The predicted octanol–water partition coefficient (Wildman–Crippen LogP) is 1.81. The molecule has 0 bridgehead atoms. The molecule has 2 N–H and O–H groups in total. The minimum Gasteiger partial charge on any atom is -0.330 e. The molecule has 88 valence electrons. The van der Waals surface area contributed by atoms with Crippen molar-refractivity contribution in [3.8, 4) is 0 Å². The largest absolute Gasteiger partial charge is 0.330 e. The van der Waals surface area contributed by atoms with Crippen LogP contribution in [0.25, 0.3) is 0 Å². The van der Waals surface area contributed by atoms with Crippen LogP contribution in [-0.2, 0) is 0 Å². The Balaban J connectivity index is 2.31. The maximum absolute atomic E-state index is 5.99. The first-order valence-electron chi connectivity index (χ1n) is 5.97. The van der Waals surface area contributed by atoms with E-state index in [1.807, 2.05) is 12.3 Å².